The summed E-state index contributed by atoms with van der Waals surface area (Å²) in [6.45, 7) is 2.71. The summed E-state index contributed by atoms with van der Waals surface area (Å²) in [4.78, 5) is 0. The molecule has 1 unspecified atom stereocenters. The average Bonchev–Trinajstić information content (AvgIpc) is 2.36. The Bertz CT molecular complexity index is 279. The molecule has 0 amide bonds. The minimum atomic E-state index is -0.476. The van der Waals surface area contributed by atoms with Gasteiger partial charge in [-0.3, -0.25) is 0 Å². The third-order valence-electron chi connectivity index (χ3n) is 2.29. The quantitative estimate of drug-likeness (QED) is 0.626. The van der Waals surface area contributed by atoms with Gasteiger partial charge >= 0.3 is 0 Å². The lowest BCUT2D eigenvalue weighted by Crippen LogP contribution is -2.30. The fraction of sp³-hybridized carbons (Fsp3) is 0.538. The lowest BCUT2D eigenvalue weighted by atomic mass is 10.2. The second-order valence-electron chi connectivity index (χ2n) is 3.84. The predicted octanol–water partition coefficient (Wildman–Crippen LogP) is 0.800. The second kappa shape index (κ2) is 9.13. The highest BCUT2D eigenvalue weighted by Gasteiger charge is 2.03. The topological polar surface area (TPSA) is 50.7 Å². The molecule has 4 nitrogen and oxygen atoms in total. The van der Waals surface area contributed by atoms with Gasteiger partial charge in [0.25, 0.3) is 0 Å². The van der Waals surface area contributed by atoms with E-state index in [0.29, 0.717) is 26.4 Å². The van der Waals surface area contributed by atoms with Gasteiger partial charge < -0.3 is 19.9 Å². The molecule has 0 aromatic heterocycles. The number of benzene rings is 1. The molecule has 0 heterocycles. The molecule has 0 saturated heterocycles. The lowest BCUT2D eigenvalue weighted by molar-refractivity contribution is 0.0137. The van der Waals surface area contributed by atoms with Crippen LogP contribution in [0.1, 0.15) is 5.56 Å². The van der Waals surface area contributed by atoms with Gasteiger partial charge in [-0.05, 0) is 5.56 Å². The number of nitrogens with one attached hydrogen (secondary N) is 1. The Hall–Kier alpha value is -0.940. The molecule has 1 rings (SSSR count). The fourth-order valence-electron chi connectivity index (χ4n) is 1.40. The van der Waals surface area contributed by atoms with Crippen LogP contribution in [0, 0.1) is 0 Å². The van der Waals surface area contributed by atoms with Crippen molar-refractivity contribution >= 4 is 0 Å². The molecule has 1 aromatic rings. The van der Waals surface area contributed by atoms with Gasteiger partial charge in [-0.25, -0.2) is 0 Å². The zero-order valence-corrected chi connectivity index (χ0v) is 10.3. The van der Waals surface area contributed by atoms with Crippen LogP contribution in [-0.4, -0.2) is 44.7 Å². The summed E-state index contributed by atoms with van der Waals surface area (Å²) in [5, 5.41) is 12.8. The molecular weight excluding hydrogens is 218 g/mol. The number of hydrogen-bond donors (Lipinski definition) is 2. The zero-order valence-electron chi connectivity index (χ0n) is 10.3. The van der Waals surface area contributed by atoms with Crippen molar-refractivity contribution in [1.82, 2.24) is 5.32 Å². The van der Waals surface area contributed by atoms with Gasteiger partial charge in [0.15, 0.2) is 0 Å². The van der Waals surface area contributed by atoms with E-state index >= 15 is 0 Å². The number of methoxy groups -OCH3 is 1. The van der Waals surface area contributed by atoms with Crippen LogP contribution in [0.2, 0.25) is 0 Å². The van der Waals surface area contributed by atoms with Gasteiger partial charge in [0, 0.05) is 20.2 Å². The fourth-order valence-corrected chi connectivity index (χ4v) is 1.40. The molecule has 0 spiro atoms. The molecule has 0 aliphatic heterocycles. The van der Waals surface area contributed by atoms with Crippen molar-refractivity contribution in [3.8, 4) is 0 Å². The molecule has 0 fully saturated rings. The Kier molecular flexibility index (Phi) is 7.58. The number of aliphatic hydroxyl groups excluding tert-OH is 1. The maximum atomic E-state index is 9.60. The average molecular weight is 239 g/mol. The molecule has 0 aliphatic carbocycles. The van der Waals surface area contributed by atoms with Gasteiger partial charge in [0.2, 0.25) is 0 Å². The molecule has 1 atom stereocenters. The Morgan fingerprint density at radius 3 is 2.71 bits per heavy atom. The zero-order chi connectivity index (χ0) is 12.3. The molecule has 1 aromatic carbocycles. The molecule has 96 valence electrons. The van der Waals surface area contributed by atoms with Crippen molar-refractivity contribution in [1.29, 1.82) is 0 Å². The normalized spacial score (nSPS) is 12.6. The van der Waals surface area contributed by atoms with Crippen molar-refractivity contribution in [3.63, 3.8) is 0 Å². The minimum Gasteiger partial charge on any atom is -0.389 e. The number of ether oxygens (including phenoxy) is 2. The van der Waals surface area contributed by atoms with E-state index in [0.717, 1.165) is 6.54 Å². The molecule has 2 N–H and O–H groups in total. The SMILES string of the molecule is COCCOCC(O)CNCc1ccccc1. The van der Waals surface area contributed by atoms with Crippen LogP contribution in [0.25, 0.3) is 0 Å². The molecule has 17 heavy (non-hydrogen) atoms. The van der Waals surface area contributed by atoms with Crippen molar-refractivity contribution < 1.29 is 14.6 Å². The summed E-state index contributed by atoms with van der Waals surface area (Å²) in [6, 6.07) is 10.1. The van der Waals surface area contributed by atoms with Crippen LogP contribution < -0.4 is 5.32 Å². The van der Waals surface area contributed by atoms with E-state index in [-0.39, 0.29) is 0 Å². The van der Waals surface area contributed by atoms with Crippen LogP contribution in [-0.2, 0) is 16.0 Å². The van der Waals surface area contributed by atoms with E-state index < -0.39 is 6.10 Å². The monoisotopic (exact) mass is 239 g/mol. The number of rotatable bonds is 9. The third-order valence-corrected chi connectivity index (χ3v) is 2.29. The van der Waals surface area contributed by atoms with Crippen LogP contribution >= 0.6 is 0 Å². The van der Waals surface area contributed by atoms with Gasteiger partial charge in [-0.1, -0.05) is 30.3 Å². The summed E-state index contributed by atoms with van der Waals surface area (Å²) in [6.07, 6.45) is -0.476. The first kappa shape index (κ1) is 14.1. The second-order valence-corrected chi connectivity index (χ2v) is 3.84. The van der Waals surface area contributed by atoms with Gasteiger partial charge in [0.1, 0.15) is 0 Å². The Balaban J connectivity index is 2.02. The Labute approximate surface area is 103 Å². The van der Waals surface area contributed by atoms with Gasteiger partial charge in [-0.2, -0.15) is 0 Å². The van der Waals surface area contributed by atoms with E-state index in [1.807, 2.05) is 18.2 Å². The maximum absolute atomic E-state index is 9.60. The molecule has 0 radical (unpaired) electrons. The van der Waals surface area contributed by atoms with Crippen LogP contribution in [0.3, 0.4) is 0 Å². The maximum Gasteiger partial charge on any atom is 0.0897 e. The van der Waals surface area contributed by atoms with Gasteiger partial charge in [-0.15, -0.1) is 0 Å². The summed E-state index contributed by atoms with van der Waals surface area (Å²) in [5.74, 6) is 0. The standard InChI is InChI=1S/C13H21NO3/c1-16-7-8-17-11-13(15)10-14-9-12-5-3-2-4-6-12/h2-6,13-15H,7-11H2,1H3. The first-order chi connectivity index (χ1) is 8.33. The lowest BCUT2D eigenvalue weighted by Gasteiger charge is -2.12. The Morgan fingerprint density at radius 2 is 2.00 bits per heavy atom. The molecule has 4 heteroatoms. The summed E-state index contributed by atoms with van der Waals surface area (Å²) in [5.41, 5.74) is 1.21. The van der Waals surface area contributed by atoms with Crippen molar-refractivity contribution in [2.75, 3.05) is 33.5 Å². The highest BCUT2D eigenvalue weighted by Crippen LogP contribution is 1.97. The third kappa shape index (κ3) is 7.07. The molecule has 0 saturated carbocycles. The van der Waals surface area contributed by atoms with Crippen LogP contribution in [0.4, 0.5) is 0 Å². The van der Waals surface area contributed by atoms with Crippen LogP contribution in [0.15, 0.2) is 30.3 Å². The van der Waals surface area contributed by atoms with Crippen molar-refractivity contribution in [2.45, 2.75) is 12.6 Å². The number of hydrogen-bond acceptors (Lipinski definition) is 4. The molecule has 0 bridgehead atoms. The van der Waals surface area contributed by atoms with Crippen molar-refractivity contribution in [2.24, 2.45) is 0 Å². The minimum absolute atomic E-state index is 0.338. The van der Waals surface area contributed by atoms with E-state index in [9.17, 15) is 5.11 Å². The number of aliphatic hydroxyl groups is 1. The first-order valence-electron chi connectivity index (χ1n) is 5.82. The van der Waals surface area contributed by atoms with Crippen LogP contribution in [0.5, 0.6) is 0 Å². The van der Waals surface area contributed by atoms with Crippen molar-refractivity contribution in [3.05, 3.63) is 35.9 Å². The van der Waals surface area contributed by atoms with E-state index in [1.165, 1.54) is 5.56 Å². The van der Waals surface area contributed by atoms with E-state index in [2.05, 4.69) is 17.4 Å². The van der Waals surface area contributed by atoms with E-state index in [1.54, 1.807) is 7.11 Å². The van der Waals surface area contributed by atoms with Gasteiger partial charge in [0.05, 0.1) is 25.9 Å². The predicted molar refractivity (Wildman–Crippen MR) is 66.9 cm³/mol. The highest BCUT2D eigenvalue weighted by atomic mass is 16.5. The summed E-state index contributed by atoms with van der Waals surface area (Å²) >= 11 is 0. The first-order valence-corrected chi connectivity index (χ1v) is 5.82. The summed E-state index contributed by atoms with van der Waals surface area (Å²) in [7, 11) is 1.63. The van der Waals surface area contributed by atoms with E-state index in [4.69, 9.17) is 9.47 Å². The molecule has 0 aliphatic rings. The largest absolute Gasteiger partial charge is 0.389 e. The highest BCUT2D eigenvalue weighted by molar-refractivity contribution is 5.14. The Morgan fingerprint density at radius 1 is 1.24 bits per heavy atom. The smallest absolute Gasteiger partial charge is 0.0897 e. The summed E-state index contributed by atoms with van der Waals surface area (Å²) < 4.78 is 10.1. The molecular formula is C13H21NO3.